The first-order valence-electron chi connectivity index (χ1n) is 5.42. The molecule has 0 saturated carbocycles. The zero-order chi connectivity index (χ0) is 12.3. The first-order valence-corrected chi connectivity index (χ1v) is 6.58. The van der Waals surface area contributed by atoms with E-state index in [-0.39, 0.29) is 5.92 Å². The quantitative estimate of drug-likeness (QED) is 0.815. The number of rotatable bonds is 4. The van der Waals surface area contributed by atoms with E-state index in [1.165, 1.54) is 0 Å². The number of Topliss-reactive ketones (excluding diaryl/α,β-unsaturated/α-hetero) is 1. The molecule has 0 amide bonds. The van der Waals surface area contributed by atoms with Crippen LogP contribution in [0.1, 0.15) is 5.69 Å². The van der Waals surface area contributed by atoms with E-state index in [9.17, 15) is 4.79 Å². The second-order valence-electron chi connectivity index (χ2n) is 3.88. The molecule has 92 valence electrons. The summed E-state index contributed by atoms with van der Waals surface area (Å²) in [6.07, 6.45) is 2.31. The molecule has 1 aliphatic rings. The Bertz CT molecular complexity index is 422. The molecule has 1 aliphatic heterocycles. The fourth-order valence-corrected chi connectivity index (χ4v) is 3.06. The predicted octanol–water partition coefficient (Wildman–Crippen LogP) is 1.57. The number of aromatic nitrogens is 1. The van der Waals surface area contributed by atoms with Gasteiger partial charge in [-0.25, -0.2) is 0 Å². The van der Waals surface area contributed by atoms with E-state index in [1.807, 2.05) is 0 Å². The van der Waals surface area contributed by atoms with Crippen LogP contribution in [0.4, 0.5) is 0 Å². The molecule has 0 radical (unpaired) electrons. The summed E-state index contributed by atoms with van der Waals surface area (Å²) in [5.74, 6) is 3.17. The van der Waals surface area contributed by atoms with Crippen molar-refractivity contribution in [2.24, 2.45) is 5.92 Å². The third-order valence-corrected chi connectivity index (χ3v) is 3.95. The Labute approximate surface area is 105 Å². The van der Waals surface area contributed by atoms with Crippen LogP contribution in [0.5, 0.6) is 11.5 Å². The van der Waals surface area contributed by atoms with Gasteiger partial charge in [0.05, 0.1) is 25.7 Å². The van der Waals surface area contributed by atoms with Crippen molar-refractivity contribution < 1.29 is 14.3 Å². The van der Waals surface area contributed by atoms with E-state index in [1.54, 1.807) is 38.2 Å². The normalized spacial score (nSPS) is 19.4. The highest BCUT2D eigenvalue weighted by atomic mass is 32.2. The predicted molar refractivity (Wildman–Crippen MR) is 66.9 cm³/mol. The summed E-state index contributed by atoms with van der Waals surface area (Å²) in [5, 5.41) is 0. The van der Waals surface area contributed by atoms with Crippen molar-refractivity contribution in [3.05, 3.63) is 18.0 Å². The van der Waals surface area contributed by atoms with E-state index in [4.69, 9.17) is 9.47 Å². The second kappa shape index (κ2) is 5.40. The highest BCUT2D eigenvalue weighted by Crippen LogP contribution is 2.32. The largest absolute Gasteiger partial charge is 0.493 e. The van der Waals surface area contributed by atoms with Gasteiger partial charge in [-0.05, 0) is 0 Å². The molecule has 5 heteroatoms. The van der Waals surface area contributed by atoms with Gasteiger partial charge in [0, 0.05) is 30.4 Å². The monoisotopic (exact) mass is 253 g/mol. The van der Waals surface area contributed by atoms with E-state index in [0.29, 0.717) is 29.5 Å². The van der Waals surface area contributed by atoms with E-state index < -0.39 is 0 Å². The van der Waals surface area contributed by atoms with Gasteiger partial charge in [-0.2, -0.15) is 11.8 Å². The van der Waals surface area contributed by atoms with Crippen molar-refractivity contribution in [3.8, 4) is 11.5 Å². The molecule has 4 nitrogen and oxygen atoms in total. The van der Waals surface area contributed by atoms with Gasteiger partial charge in [0.15, 0.2) is 11.5 Å². The van der Waals surface area contributed by atoms with Gasteiger partial charge in [0.25, 0.3) is 0 Å². The summed E-state index contributed by atoms with van der Waals surface area (Å²) in [6, 6.07) is 1.76. The van der Waals surface area contributed by atoms with Crippen molar-refractivity contribution in [3.63, 3.8) is 0 Å². The van der Waals surface area contributed by atoms with Gasteiger partial charge >= 0.3 is 0 Å². The number of nitrogens with zero attached hydrogens (tertiary/aromatic N) is 1. The summed E-state index contributed by atoms with van der Waals surface area (Å²) in [4.78, 5) is 15.9. The number of thioether (sulfide) groups is 1. The molecular weight excluding hydrogens is 238 g/mol. The number of hydrogen-bond donors (Lipinski definition) is 0. The van der Waals surface area contributed by atoms with Crippen LogP contribution in [0.2, 0.25) is 0 Å². The summed E-state index contributed by atoms with van der Waals surface area (Å²) in [7, 11) is 3.19. The van der Waals surface area contributed by atoms with Crippen molar-refractivity contribution in [2.75, 3.05) is 25.7 Å². The Hall–Kier alpha value is -1.23. The molecule has 1 fully saturated rings. The highest BCUT2D eigenvalue weighted by molar-refractivity contribution is 8.00. The minimum absolute atomic E-state index is 0.0634. The Kier molecular flexibility index (Phi) is 3.89. The van der Waals surface area contributed by atoms with E-state index in [0.717, 1.165) is 11.4 Å². The van der Waals surface area contributed by atoms with Gasteiger partial charge in [0.2, 0.25) is 0 Å². The highest BCUT2D eigenvalue weighted by Gasteiger charge is 2.27. The molecule has 0 spiro atoms. The molecule has 0 N–H and O–H groups in total. The summed E-state index contributed by atoms with van der Waals surface area (Å²) >= 11 is 1.68. The number of methoxy groups -OCH3 is 2. The van der Waals surface area contributed by atoms with E-state index in [2.05, 4.69) is 4.98 Å². The topological polar surface area (TPSA) is 48.4 Å². The second-order valence-corrected chi connectivity index (χ2v) is 4.91. The van der Waals surface area contributed by atoms with Gasteiger partial charge in [0.1, 0.15) is 5.78 Å². The first kappa shape index (κ1) is 12.2. The van der Waals surface area contributed by atoms with Crippen LogP contribution in [0, 0.1) is 5.92 Å². The minimum Gasteiger partial charge on any atom is -0.493 e. The third-order valence-electron chi connectivity index (χ3n) is 2.82. The maximum Gasteiger partial charge on any atom is 0.182 e. The lowest BCUT2D eigenvalue weighted by Gasteiger charge is -2.13. The van der Waals surface area contributed by atoms with Crippen LogP contribution in [0.15, 0.2) is 12.3 Å². The lowest BCUT2D eigenvalue weighted by Crippen LogP contribution is -2.15. The van der Waals surface area contributed by atoms with Gasteiger partial charge < -0.3 is 9.47 Å². The molecular formula is C12H15NO3S. The number of ether oxygens (including phenoxy) is 2. The molecule has 1 aromatic rings. The standard InChI is InChI=1S/C12H15NO3S/c1-15-11-3-4-13-9(12(11)16-2)5-8-6-17-7-10(8)14/h3-4,8H,5-7H2,1-2H3. The molecule has 1 atom stereocenters. The fourth-order valence-electron chi connectivity index (χ4n) is 1.91. The molecule has 0 aromatic carbocycles. The van der Waals surface area contributed by atoms with Crippen LogP contribution < -0.4 is 9.47 Å². The SMILES string of the molecule is COc1ccnc(CC2CSCC2=O)c1OC. The van der Waals surface area contributed by atoms with Crippen LogP contribution in [0.3, 0.4) is 0 Å². The summed E-state index contributed by atoms with van der Waals surface area (Å²) < 4.78 is 10.5. The van der Waals surface area contributed by atoms with Crippen molar-refractivity contribution >= 4 is 17.5 Å². The Morgan fingerprint density at radius 3 is 2.88 bits per heavy atom. The number of pyridine rings is 1. The van der Waals surface area contributed by atoms with Gasteiger partial charge in [-0.15, -0.1) is 0 Å². The number of carbonyl (C=O) groups excluding carboxylic acids is 1. The third kappa shape index (κ3) is 2.54. The Morgan fingerprint density at radius 1 is 1.47 bits per heavy atom. The Balaban J connectivity index is 2.22. The van der Waals surface area contributed by atoms with Crippen LogP contribution >= 0.6 is 11.8 Å². The molecule has 2 rings (SSSR count). The smallest absolute Gasteiger partial charge is 0.182 e. The number of hydrogen-bond acceptors (Lipinski definition) is 5. The van der Waals surface area contributed by atoms with Gasteiger partial charge in [-0.1, -0.05) is 0 Å². The molecule has 1 unspecified atom stereocenters. The van der Waals surface area contributed by atoms with E-state index >= 15 is 0 Å². The fraction of sp³-hybridized carbons (Fsp3) is 0.500. The average Bonchev–Trinajstić information content (AvgIpc) is 2.74. The van der Waals surface area contributed by atoms with Crippen LogP contribution in [-0.4, -0.2) is 36.5 Å². The molecule has 1 saturated heterocycles. The maximum absolute atomic E-state index is 11.6. The Morgan fingerprint density at radius 2 is 2.29 bits per heavy atom. The maximum atomic E-state index is 11.6. The number of carbonyl (C=O) groups is 1. The average molecular weight is 253 g/mol. The molecule has 2 heterocycles. The van der Waals surface area contributed by atoms with Crippen molar-refractivity contribution in [2.45, 2.75) is 6.42 Å². The summed E-state index contributed by atoms with van der Waals surface area (Å²) in [5.41, 5.74) is 0.799. The van der Waals surface area contributed by atoms with Gasteiger partial charge in [-0.3, -0.25) is 9.78 Å². The van der Waals surface area contributed by atoms with Crippen LogP contribution in [-0.2, 0) is 11.2 Å². The zero-order valence-electron chi connectivity index (χ0n) is 9.93. The molecule has 17 heavy (non-hydrogen) atoms. The van der Waals surface area contributed by atoms with Crippen molar-refractivity contribution in [1.82, 2.24) is 4.98 Å². The van der Waals surface area contributed by atoms with Crippen LogP contribution in [0.25, 0.3) is 0 Å². The minimum atomic E-state index is 0.0634. The zero-order valence-corrected chi connectivity index (χ0v) is 10.8. The lowest BCUT2D eigenvalue weighted by molar-refractivity contribution is -0.119. The molecule has 1 aromatic heterocycles. The molecule has 0 aliphatic carbocycles. The summed E-state index contributed by atoms with van der Waals surface area (Å²) in [6.45, 7) is 0. The molecule has 0 bridgehead atoms. The first-order chi connectivity index (χ1) is 8.26. The number of ketones is 1. The van der Waals surface area contributed by atoms with Crippen molar-refractivity contribution in [1.29, 1.82) is 0 Å². The lowest BCUT2D eigenvalue weighted by atomic mass is 10.0.